The molecule has 0 radical (unpaired) electrons. The minimum absolute atomic E-state index is 0.227. The van der Waals surface area contributed by atoms with Crippen molar-refractivity contribution in [2.24, 2.45) is 0 Å². The van der Waals surface area contributed by atoms with Crippen molar-refractivity contribution in [3.63, 3.8) is 0 Å². The Hall–Kier alpha value is -3.61. The van der Waals surface area contributed by atoms with Crippen molar-refractivity contribution in [3.05, 3.63) is 72.7 Å². The second-order valence-corrected chi connectivity index (χ2v) is 5.42. The lowest BCUT2D eigenvalue weighted by atomic mass is 10.0. The highest BCUT2D eigenvalue weighted by Crippen LogP contribution is 2.25. The minimum atomic E-state index is -0.524. The van der Waals surface area contributed by atoms with Gasteiger partial charge in [-0.15, -0.1) is 0 Å². The van der Waals surface area contributed by atoms with Gasteiger partial charge in [-0.25, -0.2) is 4.39 Å². The van der Waals surface area contributed by atoms with E-state index in [-0.39, 0.29) is 11.4 Å². The Morgan fingerprint density at radius 3 is 2.76 bits per heavy atom. The van der Waals surface area contributed by atoms with Crippen LogP contribution in [0.2, 0.25) is 0 Å². The van der Waals surface area contributed by atoms with E-state index in [9.17, 15) is 9.18 Å². The highest BCUT2D eigenvalue weighted by Gasteiger charge is 2.15. The highest BCUT2D eigenvalue weighted by molar-refractivity contribution is 6.11. The van der Waals surface area contributed by atoms with Crippen LogP contribution in [0.5, 0.6) is 0 Å². The van der Waals surface area contributed by atoms with Gasteiger partial charge >= 0.3 is 0 Å². The third kappa shape index (κ3) is 2.94. The third-order valence-corrected chi connectivity index (χ3v) is 3.74. The summed E-state index contributed by atoms with van der Waals surface area (Å²) < 4.78 is 13.2. The number of rotatable bonds is 3. The molecule has 3 aromatic heterocycles. The maximum atomic E-state index is 13.2. The van der Waals surface area contributed by atoms with Crippen LogP contribution in [0.1, 0.15) is 10.5 Å². The monoisotopic (exact) mass is 333 g/mol. The molecule has 25 heavy (non-hydrogen) atoms. The number of nitrogens with zero attached hydrogens (tertiary/aromatic N) is 3. The molecule has 0 atom stereocenters. The molecule has 0 saturated heterocycles. The number of carbonyl (C=O) groups is 1. The molecule has 6 nitrogen and oxygen atoms in total. The largest absolute Gasteiger partial charge is 0.319 e. The minimum Gasteiger partial charge on any atom is -0.319 e. The van der Waals surface area contributed by atoms with Gasteiger partial charge < -0.3 is 5.32 Å². The normalized spacial score (nSPS) is 10.8. The summed E-state index contributed by atoms with van der Waals surface area (Å²) in [6.07, 6.45) is 5.89. The molecule has 4 aromatic rings. The van der Waals surface area contributed by atoms with Gasteiger partial charge in [-0.3, -0.25) is 19.9 Å². The molecule has 3 heterocycles. The summed E-state index contributed by atoms with van der Waals surface area (Å²) in [5.74, 6) is -0.967. The van der Waals surface area contributed by atoms with Crippen LogP contribution in [0.15, 0.2) is 61.2 Å². The van der Waals surface area contributed by atoms with Crippen LogP contribution in [-0.2, 0) is 0 Å². The number of fused-ring (bicyclic) bond motifs is 1. The predicted octanol–water partition coefficient (Wildman–Crippen LogP) is 3.41. The number of carbonyl (C=O) groups excluding carboxylic acids is 1. The molecule has 1 aromatic carbocycles. The lowest BCUT2D eigenvalue weighted by Crippen LogP contribution is -2.13. The Kier molecular flexibility index (Phi) is 3.66. The van der Waals surface area contributed by atoms with Crippen molar-refractivity contribution in [2.45, 2.75) is 0 Å². The van der Waals surface area contributed by atoms with E-state index in [1.807, 2.05) is 30.3 Å². The molecule has 2 N–H and O–H groups in total. The first kappa shape index (κ1) is 14.9. The van der Waals surface area contributed by atoms with Gasteiger partial charge in [0.1, 0.15) is 5.82 Å². The average molecular weight is 333 g/mol. The lowest BCUT2D eigenvalue weighted by molar-refractivity contribution is 0.102. The SMILES string of the molecule is O=C(Nc1cncc(F)c1)c1n[nH]c2ccc(-c3cccnc3)cc12. The molecule has 122 valence electrons. The molecule has 0 saturated carbocycles. The summed E-state index contributed by atoms with van der Waals surface area (Å²) in [7, 11) is 0. The number of pyridine rings is 2. The van der Waals surface area contributed by atoms with Gasteiger partial charge in [0, 0.05) is 29.4 Å². The van der Waals surface area contributed by atoms with Crippen molar-refractivity contribution >= 4 is 22.5 Å². The second kappa shape index (κ2) is 6.12. The number of nitrogens with one attached hydrogen (secondary N) is 2. The molecule has 1 amide bonds. The Labute approximate surface area is 141 Å². The molecule has 0 aliphatic heterocycles. The Balaban J connectivity index is 1.71. The molecule has 0 unspecified atom stereocenters. The van der Waals surface area contributed by atoms with E-state index in [0.29, 0.717) is 5.39 Å². The maximum absolute atomic E-state index is 13.2. The predicted molar refractivity (Wildman–Crippen MR) is 91.5 cm³/mol. The first-order valence-electron chi connectivity index (χ1n) is 7.51. The number of anilines is 1. The Bertz CT molecular complexity index is 1060. The Morgan fingerprint density at radius 2 is 1.96 bits per heavy atom. The van der Waals surface area contributed by atoms with Crippen LogP contribution in [0.25, 0.3) is 22.0 Å². The fourth-order valence-corrected chi connectivity index (χ4v) is 2.57. The van der Waals surface area contributed by atoms with Crippen molar-refractivity contribution in [2.75, 3.05) is 5.32 Å². The zero-order chi connectivity index (χ0) is 17.2. The molecule has 0 spiro atoms. The highest BCUT2D eigenvalue weighted by atomic mass is 19.1. The molecule has 0 fully saturated rings. The zero-order valence-electron chi connectivity index (χ0n) is 12.9. The molecule has 0 aliphatic carbocycles. The van der Waals surface area contributed by atoms with Crippen molar-refractivity contribution in [3.8, 4) is 11.1 Å². The van der Waals surface area contributed by atoms with Crippen molar-refractivity contribution in [1.29, 1.82) is 0 Å². The fraction of sp³-hybridized carbons (Fsp3) is 0. The van der Waals surface area contributed by atoms with E-state index in [4.69, 9.17) is 0 Å². The number of amides is 1. The van der Waals surface area contributed by atoms with Crippen LogP contribution in [-0.4, -0.2) is 26.1 Å². The summed E-state index contributed by atoms with van der Waals surface area (Å²) in [5, 5.41) is 10.2. The zero-order valence-corrected chi connectivity index (χ0v) is 12.9. The summed E-state index contributed by atoms with van der Waals surface area (Å²) in [5.41, 5.74) is 3.08. The molecular formula is C18H12FN5O. The van der Waals surface area contributed by atoms with Crippen LogP contribution < -0.4 is 5.32 Å². The van der Waals surface area contributed by atoms with Gasteiger partial charge in [0.15, 0.2) is 5.69 Å². The van der Waals surface area contributed by atoms with E-state index >= 15 is 0 Å². The van der Waals surface area contributed by atoms with E-state index in [2.05, 4.69) is 25.5 Å². The smallest absolute Gasteiger partial charge is 0.276 e. The van der Waals surface area contributed by atoms with E-state index < -0.39 is 11.7 Å². The number of hydrogen-bond acceptors (Lipinski definition) is 4. The Morgan fingerprint density at radius 1 is 1.04 bits per heavy atom. The maximum Gasteiger partial charge on any atom is 0.276 e. The van der Waals surface area contributed by atoms with Gasteiger partial charge in [0.25, 0.3) is 5.91 Å². The first-order chi connectivity index (χ1) is 12.2. The summed E-state index contributed by atoms with van der Waals surface area (Å²) >= 11 is 0. The fourth-order valence-electron chi connectivity index (χ4n) is 2.57. The molecular weight excluding hydrogens is 321 g/mol. The van der Waals surface area contributed by atoms with Crippen LogP contribution in [0.4, 0.5) is 10.1 Å². The third-order valence-electron chi connectivity index (χ3n) is 3.74. The molecule has 4 rings (SSSR count). The first-order valence-corrected chi connectivity index (χ1v) is 7.51. The summed E-state index contributed by atoms with van der Waals surface area (Å²) in [6.45, 7) is 0. The standard InChI is InChI=1S/C18H12FN5O/c19-13-7-14(10-21-9-13)22-18(25)17-15-6-11(3-4-16(15)23-24-17)12-2-1-5-20-8-12/h1-10H,(H,22,25)(H,23,24). The van der Waals surface area contributed by atoms with E-state index in [0.717, 1.165) is 22.8 Å². The molecule has 0 bridgehead atoms. The van der Waals surface area contributed by atoms with Gasteiger partial charge in [-0.2, -0.15) is 5.10 Å². The number of hydrogen-bond donors (Lipinski definition) is 2. The van der Waals surface area contributed by atoms with Crippen LogP contribution >= 0.6 is 0 Å². The number of halogens is 1. The van der Waals surface area contributed by atoms with Crippen molar-refractivity contribution in [1.82, 2.24) is 20.2 Å². The van der Waals surface area contributed by atoms with E-state index in [1.54, 1.807) is 12.4 Å². The van der Waals surface area contributed by atoms with Crippen LogP contribution in [0.3, 0.4) is 0 Å². The van der Waals surface area contributed by atoms with Gasteiger partial charge in [0.2, 0.25) is 0 Å². The van der Waals surface area contributed by atoms with Gasteiger partial charge in [-0.1, -0.05) is 12.1 Å². The van der Waals surface area contributed by atoms with Gasteiger partial charge in [-0.05, 0) is 23.8 Å². The number of H-pyrrole nitrogens is 1. The van der Waals surface area contributed by atoms with Crippen LogP contribution in [0, 0.1) is 5.82 Å². The number of aromatic nitrogens is 4. The van der Waals surface area contributed by atoms with Crippen molar-refractivity contribution < 1.29 is 9.18 Å². The topological polar surface area (TPSA) is 83.6 Å². The molecule has 0 aliphatic rings. The molecule has 7 heteroatoms. The summed E-state index contributed by atoms with van der Waals surface area (Å²) in [6, 6.07) is 10.6. The number of aromatic amines is 1. The second-order valence-electron chi connectivity index (χ2n) is 5.42. The quantitative estimate of drug-likeness (QED) is 0.602. The average Bonchev–Trinajstić information content (AvgIpc) is 3.06. The van der Waals surface area contributed by atoms with Gasteiger partial charge in [0.05, 0.1) is 23.6 Å². The number of benzene rings is 1. The summed E-state index contributed by atoms with van der Waals surface area (Å²) in [4.78, 5) is 20.3. The van der Waals surface area contributed by atoms with E-state index in [1.165, 1.54) is 12.3 Å². The lowest BCUT2D eigenvalue weighted by Gasteiger charge is -2.04.